The number of hydrogen-bond acceptors (Lipinski definition) is 0. The van der Waals surface area contributed by atoms with Crippen LogP contribution in [0.25, 0.3) is 12.3 Å². The summed E-state index contributed by atoms with van der Waals surface area (Å²) >= 11 is 0. The van der Waals surface area contributed by atoms with Crippen LogP contribution in [0.2, 0.25) is 0 Å². The molecule has 0 aliphatic heterocycles. The quantitative estimate of drug-likeness (QED) is 0.497. The molecule has 0 fully saturated rings. The van der Waals surface area contributed by atoms with Crippen LogP contribution in [0.4, 0.5) is 0 Å². The molecule has 0 heterocycles. The van der Waals surface area contributed by atoms with Crippen LogP contribution >= 0.6 is 0 Å². The van der Waals surface area contributed by atoms with E-state index >= 15 is 0 Å². The Morgan fingerprint density at radius 3 is 0.750 bits per heavy atom. The van der Waals surface area contributed by atoms with Gasteiger partial charge in [-0.15, -0.1) is 0 Å². The molecule has 0 aliphatic carbocycles. The van der Waals surface area contributed by atoms with Gasteiger partial charge in [0.15, 0.2) is 0 Å². The van der Waals surface area contributed by atoms with Crippen molar-refractivity contribution in [1.82, 2.24) is 0 Å². The van der Waals surface area contributed by atoms with Crippen molar-refractivity contribution >= 4 is 0 Å². The summed E-state index contributed by atoms with van der Waals surface area (Å²) in [6.07, 6.45) is 0. The van der Waals surface area contributed by atoms with Gasteiger partial charge in [0.25, 0.3) is 0 Å². The Balaban J connectivity index is 0. The minimum absolute atomic E-state index is 0. The second-order valence-corrected chi connectivity index (χ2v) is 0. The smallest absolute Gasteiger partial charge is 3.00 e. The van der Waals surface area contributed by atoms with E-state index < -0.39 is 0 Å². The molecule has 2 nitrogen and oxygen atoms in total. The van der Waals surface area contributed by atoms with E-state index in [0.717, 1.165) is 0 Å². The fraction of sp³-hybridized carbons (Fsp3) is 0. The zero-order valence-corrected chi connectivity index (χ0v) is 4.32. The average Bonchev–Trinajstić information content (AvgIpc) is 0. The van der Waals surface area contributed by atoms with Crippen molar-refractivity contribution in [3.05, 3.63) is 12.3 Å². The molecule has 0 spiro atoms. The molecule has 0 aromatic carbocycles. The van der Waals surface area contributed by atoms with Gasteiger partial charge in [0, 0.05) is 0 Å². The maximum absolute atomic E-state index is 0. The Bertz CT molecular complexity index is 6.00. The molecule has 4 heteroatoms. The van der Waals surface area contributed by atoms with Crippen molar-refractivity contribution in [1.29, 1.82) is 0 Å². The minimum Gasteiger partial charge on any atom is -3.00 e. The summed E-state index contributed by atoms with van der Waals surface area (Å²) in [6, 6.07) is 0. The standard InChI is InChI=1S/Fe.2N.Rh/q+3;2*-3;+3. The van der Waals surface area contributed by atoms with Gasteiger partial charge in [0.2, 0.25) is 0 Å². The van der Waals surface area contributed by atoms with Crippen molar-refractivity contribution < 1.29 is 36.5 Å². The molecular weight excluding hydrogens is 187 g/mol. The normalized spacial score (nSPS) is 0. The summed E-state index contributed by atoms with van der Waals surface area (Å²) in [4.78, 5) is 0. The Hall–Kier alpha value is 1.06. The van der Waals surface area contributed by atoms with Gasteiger partial charge in [0.1, 0.15) is 0 Å². The molecule has 0 bridgehead atoms. The maximum Gasteiger partial charge on any atom is 3.00 e. The van der Waals surface area contributed by atoms with Gasteiger partial charge in [0.05, 0.1) is 0 Å². The third-order valence-electron chi connectivity index (χ3n) is 0. The van der Waals surface area contributed by atoms with Crippen LogP contribution in [0.5, 0.6) is 0 Å². The Kier molecular flexibility index (Phi) is 624. The summed E-state index contributed by atoms with van der Waals surface area (Å²) in [5.41, 5.74) is 0. The van der Waals surface area contributed by atoms with E-state index in [0.29, 0.717) is 0 Å². The first kappa shape index (κ1) is 74.0. The van der Waals surface area contributed by atoms with Crippen molar-refractivity contribution in [2.75, 3.05) is 0 Å². The second kappa shape index (κ2) is 33.7. The van der Waals surface area contributed by atoms with Gasteiger partial charge in [-0.2, -0.15) is 0 Å². The van der Waals surface area contributed by atoms with E-state index in [9.17, 15) is 0 Å². The number of nitrogens with zero attached hydrogens (tertiary/aromatic N) is 2. The van der Waals surface area contributed by atoms with E-state index in [1.807, 2.05) is 0 Å². The third-order valence-corrected chi connectivity index (χ3v) is 0. The largest absolute Gasteiger partial charge is 3.00 e. The molecular formula is FeN2Rh. The second-order valence-electron chi connectivity index (χ2n) is 0. The monoisotopic (exact) mass is 187 g/mol. The van der Waals surface area contributed by atoms with Crippen LogP contribution in [0.3, 0.4) is 0 Å². The topological polar surface area (TPSA) is 61.0 Å². The van der Waals surface area contributed by atoms with E-state index in [1.165, 1.54) is 0 Å². The van der Waals surface area contributed by atoms with Gasteiger partial charge in [-0.1, -0.05) is 0 Å². The van der Waals surface area contributed by atoms with Crippen LogP contribution in [-0.2, 0) is 36.5 Å². The molecule has 4 heavy (non-hydrogen) atoms. The molecule has 0 saturated heterocycles. The summed E-state index contributed by atoms with van der Waals surface area (Å²) in [5, 5.41) is 0. The molecule has 0 atom stereocenters. The van der Waals surface area contributed by atoms with E-state index in [4.69, 9.17) is 0 Å². The van der Waals surface area contributed by atoms with E-state index in [2.05, 4.69) is 0 Å². The summed E-state index contributed by atoms with van der Waals surface area (Å²) in [7, 11) is 0. The molecule has 0 aliphatic rings. The number of hydrogen-bond donors (Lipinski definition) is 0. The fourth-order valence-corrected chi connectivity index (χ4v) is 0. The van der Waals surface area contributed by atoms with Crippen molar-refractivity contribution in [2.45, 2.75) is 0 Å². The van der Waals surface area contributed by atoms with E-state index in [1.54, 1.807) is 0 Å². The van der Waals surface area contributed by atoms with Crippen LogP contribution in [-0.4, -0.2) is 0 Å². The molecule has 0 amide bonds. The van der Waals surface area contributed by atoms with Crippen LogP contribution in [0.1, 0.15) is 0 Å². The third kappa shape index (κ3) is 11.5. The maximum atomic E-state index is 0. The average molecular weight is 187 g/mol. The van der Waals surface area contributed by atoms with Gasteiger partial charge >= 0.3 is 36.5 Å². The molecule has 1 radical (unpaired) electrons. The van der Waals surface area contributed by atoms with Crippen LogP contribution < -0.4 is 0 Å². The Labute approximate surface area is 49.1 Å². The summed E-state index contributed by atoms with van der Waals surface area (Å²) < 4.78 is 0. The molecule has 0 rings (SSSR count). The van der Waals surface area contributed by atoms with Crippen LogP contribution in [0.15, 0.2) is 0 Å². The predicted octanol–water partition coefficient (Wildman–Crippen LogP) is 0.572. The molecule has 0 aromatic rings. The fourth-order valence-electron chi connectivity index (χ4n) is 0. The zero-order chi connectivity index (χ0) is 0. The number of rotatable bonds is 0. The molecule has 0 saturated carbocycles. The van der Waals surface area contributed by atoms with Gasteiger partial charge in [-0.25, -0.2) is 0 Å². The Morgan fingerprint density at radius 1 is 0.750 bits per heavy atom. The first-order chi connectivity index (χ1) is 0. The van der Waals surface area contributed by atoms with Crippen molar-refractivity contribution in [2.24, 2.45) is 0 Å². The van der Waals surface area contributed by atoms with Gasteiger partial charge < -0.3 is 12.3 Å². The Morgan fingerprint density at radius 2 is 0.750 bits per heavy atom. The SMILES string of the molecule is [Fe+3].[N-3].[N-3].[Rh+3]. The summed E-state index contributed by atoms with van der Waals surface area (Å²) in [6.45, 7) is 0. The van der Waals surface area contributed by atoms with Crippen LogP contribution in [0, 0.1) is 0 Å². The van der Waals surface area contributed by atoms with Crippen molar-refractivity contribution in [3.63, 3.8) is 0 Å². The van der Waals surface area contributed by atoms with Gasteiger partial charge in [-0.3, -0.25) is 0 Å². The molecule has 0 unspecified atom stereocenters. The summed E-state index contributed by atoms with van der Waals surface area (Å²) in [5.74, 6) is 0. The first-order valence-corrected chi connectivity index (χ1v) is 0. The molecule has 0 N–H and O–H groups in total. The predicted molar refractivity (Wildman–Crippen MR) is 6.72 cm³/mol. The molecule has 0 aromatic heterocycles. The molecule has 27 valence electrons. The first-order valence-electron chi connectivity index (χ1n) is 0. The van der Waals surface area contributed by atoms with Crippen molar-refractivity contribution in [3.8, 4) is 0 Å². The zero-order valence-electron chi connectivity index (χ0n) is 1.58. The van der Waals surface area contributed by atoms with E-state index in [-0.39, 0.29) is 48.8 Å². The van der Waals surface area contributed by atoms with Gasteiger partial charge in [-0.05, 0) is 0 Å². The minimum atomic E-state index is 0.